The zero-order valence-electron chi connectivity index (χ0n) is 52.8. The highest BCUT2D eigenvalue weighted by atomic mass is 16.6. The van der Waals surface area contributed by atoms with Crippen LogP contribution in [0.25, 0.3) is 0 Å². The summed E-state index contributed by atoms with van der Waals surface area (Å²) < 4.78 is 16.8. The first-order valence-electron chi connectivity index (χ1n) is 34.2. The maximum absolute atomic E-state index is 12.9. The molecule has 0 aromatic rings. The van der Waals surface area contributed by atoms with E-state index in [0.717, 1.165) is 96.3 Å². The maximum Gasteiger partial charge on any atom is 0.309 e. The molecule has 0 heterocycles. The van der Waals surface area contributed by atoms with Crippen molar-refractivity contribution in [1.29, 1.82) is 0 Å². The van der Waals surface area contributed by atoms with Gasteiger partial charge in [-0.25, -0.2) is 0 Å². The zero-order chi connectivity index (χ0) is 57.8. The van der Waals surface area contributed by atoms with Crippen molar-refractivity contribution in [1.82, 2.24) is 0 Å². The van der Waals surface area contributed by atoms with E-state index in [1.54, 1.807) is 6.08 Å². The molecule has 0 spiro atoms. The molecular weight excluding hydrogens is 985 g/mol. The summed E-state index contributed by atoms with van der Waals surface area (Å²) in [5.74, 6) is -1.05. The summed E-state index contributed by atoms with van der Waals surface area (Å²) in [6.07, 6.45) is 91.9. The molecule has 0 aromatic carbocycles. The van der Waals surface area contributed by atoms with E-state index < -0.39 is 12.1 Å². The molecule has 0 aliphatic carbocycles. The normalized spacial score (nSPS) is 12.7. The molecule has 6 heteroatoms. The molecule has 1 atom stereocenters. The number of esters is 3. The van der Waals surface area contributed by atoms with Crippen molar-refractivity contribution in [3.63, 3.8) is 0 Å². The van der Waals surface area contributed by atoms with Gasteiger partial charge in [0.05, 0.1) is 6.42 Å². The van der Waals surface area contributed by atoms with Gasteiger partial charge in [-0.3, -0.25) is 14.4 Å². The highest BCUT2D eigenvalue weighted by Gasteiger charge is 2.19. The predicted octanol–water partition coefficient (Wildman–Crippen LogP) is 23.6. The number of rotatable bonds is 62. The first-order chi connectivity index (χ1) is 39.5. The standard InChI is InChI=1S/C74H128O6/c1-4-7-10-13-16-19-22-25-28-30-31-32-33-34-35-36-37-38-39-40-41-42-43-44-47-49-52-55-58-61-64-67-73(76)79-70-71(69-78-72(75)66-63-60-57-54-51-48-45-27-24-21-18-15-12-9-6-3)80-74(77)68-65-62-59-56-53-50-46-29-26-23-20-17-14-11-8-5-2/h9,12,18,20-21,23,27,29-31,45-46,51,54,60,63,71H,4-8,10-11,13-17,19,22,24-26,28,32-44,47-50,52-53,55-59,61-62,64-70H2,1-3H3/b12-9-,21-18-,23-20-,31-30-,45-27-,46-29-,54-51-,63-60-. The maximum atomic E-state index is 12.9. The third-order valence-corrected chi connectivity index (χ3v) is 14.8. The highest BCUT2D eigenvalue weighted by molar-refractivity contribution is 5.72. The van der Waals surface area contributed by atoms with E-state index in [1.807, 2.05) is 6.08 Å². The molecule has 0 saturated carbocycles. The highest BCUT2D eigenvalue weighted by Crippen LogP contribution is 2.17. The van der Waals surface area contributed by atoms with Gasteiger partial charge in [0.25, 0.3) is 0 Å². The fraction of sp³-hybridized carbons (Fsp3) is 0.743. The SMILES string of the molecule is CC/C=C\C/C=C\C/C=C\C/C=C\C/C=C\CC(=O)OCC(COC(=O)CCCCCCCCCCCCCCCCCCCCC/C=C\CCCCCCCCCC)OC(=O)CCCCCCC/C=C\C/C=C\CCCCCC. The van der Waals surface area contributed by atoms with Crippen molar-refractivity contribution in [3.05, 3.63) is 97.2 Å². The summed E-state index contributed by atoms with van der Waals surface area (Å²) in [5, 5.41) is 0. The molecule has 0 bridgehead atoms. The summed E-state index contributed by atoms with van der Waals surface area (Å²) >= 11 is 0. The summed E-state index contributed by atoms with van der Waals surface area (Å²) in [6.45, 7) is 6.44. The Morgan fingerprint density at radius 2 is 0.537 bits per heavy atom. The molecule has 0 radical (unpaired) electrons. The minimum Gasteiger partial charge on any atom is -0.462 e. The summed E-state index contributed by atoms with van der Waals surface area (Å²) in [5.41, 5.74) is 0. The van der Waals surface area contributed by atoms with Crippen LogP contribution < -0.4 is 0 Å². The van der Waals surface area contributed by atoms with Crippen LogP contribution in [0.15, 0.2) is 97.2 Å². The quantitative estimate of drug-likeness (QED) is 0.0261. The molecule has 0 rings (SSSR count). The fourth-order valence-electron chi connectivity index (χ4n) is 9.72. The smallest absolute Gasteiger partial charge is 0.309 e. The lowest BCUT2D eigenvalue weighted by molar-refractivity contribution is -0.166. The van der Waals surface area contributed by atoms with E-state index in [0.29, 0.717) is 12.8 Å². The van der Waals surface area contributed by atoms with Crippen LogP contribution in [0.4, 0.5) is 0 Å². The second-order valence-corrected chi connectivity index (χ2v) is 22.7. The van der Waals surface area contributed by atoms with Crippen molar-refractivity contribution >= 4 is 17.9 Å². The van der Waals surface area contributed by atoms with Gasteiger partial charge in [-0.1, -0.05) is 311 Å². The Hall–Kier alpha value is -3.67. The van der Waals surface area contributed by atoms with Gasteiger partial charge < -0.3 is 14.2 Å². The van der Waals surface area contributed by atoms with E-state index in [4.69, 9.17) is 14.2 Å². The number of ether oxygens (including phenoxy) is 3. The van der Waals surface area contributed by atoms with Gasteiger partial charge in [0.2, 0.25) is 0 Å². The monoisotopic (exact) mass is 1110 g/mol. The number of carbonyl (C=O) groups is 3. The van der Waals surface area contributed by atoms with Gasteiger partial charge in [0.15, 0.2) is 6.10 Å². The van der Waals surface area contributed by atoms with Gasteiger partial charge in [0, 0.05) is 12.8 Å². The number of allylic oxidation sites excluding steroid dienone is 15. The van der Waals surface area contributed by atoms with Crippen molar-refractivity contribution in [2.75, 3.05) is 13.2 Å². The third kappa shape index (κ3) is 65.1. The van der Waals surface area contributed by atoms with Crippen LogP contribution in [-0.4, -0.2) is 37.2 Å². The largest absolute Gasteiger partial charge is 0.462 e. The number of carbonyl (C=O) groups excluding carboxylic acids is 3. The molecule has 6 nitrogen and oxygen atoms in total. The molecule has 0 saturated heterocycles. The molecule has 80 heavy (non-hydrogen) atoms. The summed E-state index contributed by atoms with van der Waals surface area (Å²) in [4.78, 5) is 38.3. The lowest BCUT2D eigenvalue weighted by Crippen LogP contribution is -2.30. The Morgan fingerprint density at radius 1 is 0.275 bits per heavy atom. The Labute approximate surface area is 496 Å². The molecule has 0 fully saturated rings. The number of unbranched alkanes of at least 4 members (excludes halogenated alkanes) is 36. The van der Waals surface area contributed by atoms with Crippen LogP contribution in [-0.2, 0) is 28.6 Å². The van der Waals surface area contributed by atoms with Crippen LogP contribution in [0.5, 0.6) is 0 Å². The second-order valence-electron chi connectivity index (χ2n) is 22.7. The molecule has 460 valence electrons. The van der Waals surface area contributed by atoms with Crippen LogP contribution in [0.2, 0.25) is 0 Å². The molecular formula is C74H128O6. The van der Waals surface area contributed by atoms with Gasteiger partial charge >= 0.3 is 17.9 Å². The minimum absolute atomic E-state index is 0.111. The van der Waals surface area contributed by atoms with Gasteiger partial charge in [0.1, 0.15) is 13.2 Å². The van der Waals surface area contributed by atoms with Crippen LogP contribution in [0, 0.1) is 0 Å². The first-order valence-corrected chi connectivity index (χ1v) is 34.2. The van der Waals surface area contributed by atoms with Gasteiger partial charge in [-0.2, -0.15) is 0 Å². The van der Waals surface area contributed by atoms with Crippen molar-refractivity contribution in [2.45, 2.75) is 341 Å². The van der Waals surface area contributed by atoms with Crippen molar-refractivity contribution in [2.24, 2.45) is 0 Å². The average Bonchev–Trinajstić information content (AvgIpc) is 3.46. The Morgan fingerprint density at radius 3 is 0.900 bits per heavy atom. The summed E-state index contributed by atoms with van der Waals surface area (Å²) in [7, 11) is 0. The zero-order valence-corrected chi connectivity index (χ0v) is 52.8. The lowest BCUT2D eigenvalue weighted by atomic mass is 10.0. The average molecular weight is 1110 g/mol. The molecule has 0 aromatic heterocycles. The van der Waals surface area contributed by atoms with E-state index in [-0.39, 0.29) is 31.6 Å². The first kappa shape index (κ1) is 76.3. The minimum atomic E-state index is -0.826. The van der Waals surface area contributed by atoms with Crippen molar-refractivity contribution < 1.29 is 28.6 Å². The molecule has 0 aliphatic heterocycles. The predicted molar refractivity (Wildman–Crippen MR) is 348 cm³/mol. The van der Waals surface area contributed by atoms with E-state index in [2.05, 4.69) is 106 Å². The Bertz CT molecular complexity index is 1560. The number of hydrogen-bond acceptors (Lipinski definition) is 6. The second kappa shape index (κ2) is 67.8. The summed E-state index contributed by atoms with van der Waals surface area (Å²) in [6, 6.07) is 0. The lowest BCUT2D eigenvalue weighted by Gasteiger charge is -2.18. The molecule has 0 amide bonds. The Balaban J connectivity index is 4.26. The number of hydrogen-bond donors (Lipinski definition) is 0. The van der Waals surface area contributed by atoms with Gasteiger partial charge in [-0.15, -0.1) is 0 Å². The van der Waals surface area contributed by atoms with Crippen molar-refractivity contribution in [3.8, 4) is 0 Å². The van der Waals surface area contributed by atoms with E-state index in [9.17, 15) is 14.4 Å². The van der Waals surface area contributed by atoms with Crippen LogP contribution in [0.3, 0.4) is 0 Å². The molecule has 1 unspecified atom stereocenters. The van der Waals surface area contributed by atoms with Gasteiger partial charge in [-0.05, 0) is 103 Å². The topological polar surface area (TPSA) is 78.9 Å². The van der Waals surface area contributed by atoms with E-state index in [1.165, 1.54) is 199 Å². The fourth-order valence-corrected chi connectivity index (χ4v) is 9.72. The third-order valence-electron chi connectivity index (χ3n) is 14.8. The van der Waals surface area contributed by atoms with E-state index >= 15 is 0 Å². The molecule has 0 aliphatic rings. The molecule has 0 N–H and O–H groups in total. The van der Waals surface area contributed by atoms with Crippen LogP contribution >= 0.6 is 0 Å². The van der Waals surface area contributed by atoms with Crippen LogP contribution in [0.1, 0.15) is 335 Å². The Kier molecular flexibility index (Phi) is 64.7.